The predicted molar refractivity (Wildman–Crippen MR) is 241 cm³/mol. The van der Waals surface area contributed by atoms with Gasteiger partial charge in [0.1, 0.15) is 5.75 Å². The minimum absolute atomic E-state index is 0.0383. The van der Waals surface area contributed by atoms with Gasteiger partial charge in [0, 0.05) is 16.7 Å². The Morgan fingerprint density at radius 3 is 1.68 bits per heavy atom. The number of aromatic nitrogens is 6. The summed E-state index contributed by atoms with van der Waals surface area (Å²) < 4.78 is 8.28. The van der Waals surface area contributed by atoms with Gasteiger partial charge in [-0.2, -0.15) is 19.3 Å². The molecule has 0 bridgehead atoms. The van der Waals surface area contributed by atoms with Crippen LogP contribution in [0.3, 0.4) is 0 Å². The lowest BCUT2D eigenvalue weighted by molar-refractivity contribution is 0.0987. The average molecular weight is 838 g/mol. The summed E-state index contributed by atoms with van der Waals surface area (Å²) in [6, 6.07) is 47.4. The predicted octanol–water partition coefficient (Wildman–Crippen LogP) is 8.65. The number of Topliss-reactive ketones (excluding diaryl/α,β-unsaturated/α-hetero) is 1. The van der Waals surface area contributed by atoms with E-state index in [0.717, 1.165) is 22.4 Å². The molecule has 0 saturated carbocycles. The number of ketones is 1. The van der Waals surface area contributed by atoms with E-state index in [2.05, 4.69) is 36.1 Å². The normalized spacial score (nSPS) is 10.5. The molecule has 3 N–H and O–H groups in total. The highest BCUT2D eigenvalue weighted by atomic mass is 16.5. The maximum Gasteiger partial charge on any atom is 0.261 e. The molecule has 0 aliphatic rings. The fourth-order valence-corrected chi connectivity index (χ4v) is 6.48. The van der Waals surface area contributed by atoms with Gasteiger partial charge in [-0.15, -0.1) is 10.2 Å². The zero-order valence-corrected chi connectivity index (χ0v) is 34.9. The van der Waals surface area contributed by atoms with Gasteiger partial charge in [-0.25, -0.2) is 0 Å². The number of nitrogens with zero attached hydrogens (tertiary/aromatic N) is 6. The van der Waals surface area contributed by atoms with E-state index in [1.165, 1.54) is 11.8 Å². The Morgan fingerprint density at radius 2 is 1.05 bits per heavy atom. The van der Waals surface area contributed by atoms with Crippen molar-refractivity contribution in [2.24, 2.45) is 0 Å². The van der Waals surface area contributed by atoms with Crippen LogP contribution in [0.15, 0.2) is 158 Å². The number of aryl methyl sites for hydroxylation is 3. The number of anilines is 3. The summed E-state index contributed by atoms with van der Waals surface area (Å²) in [4.78, 5) is 60.0. The topological polar surface area (TPSA) is 175 Å². The van der Waals surface area contributed by atoms with Gasteiger partial charge in [-0.05, 0) is 87.0 Å². The highest BCUT2D eigenvalue weighted by Crippen LogP contribution is 2.22. The lowest BCUT2D eigenvalue weighted by Crippen LogP contribution is -2.16. The third-order valence-electron chi connectivity index (χ3n) is 9.62. The number of hydrogen-bond donors (Lipinski definition) is 3. The van der Waals surface area contributed by atoms with Crippen molar-refractivity contribution < 1.29 is 23.9 Å². The maximum absolute atomic E-state index is 12.9. The van der Waals surface area contributed by atoms with E-state index in [9.17, 15) is 19.2 Å². The standard InChI is InChI=1S/C25H22N4O2.C24H21N5O3/c1-17-8-6-10-19(14-17)22(30)16-23-26-25(29(28-23)21-12-4-3-5-13-21)27-24(31)20-11-7-9-18(2)15-20;1-16-10-6-7-13-18(16)21(30)25-23-27-24(29(28-23)17-11-4-3-5-12-17)26-22(31)19-14-8-9-15-20(19)32-2/h3-15H,16H2,1-2H3,(H,26,27,28,31);3-15H,1-2H3,(H2,25,26,27,28,30,31). The summed E-state index contributed by atoms with van der Waals surface area (Å²) >= 11 is 0. The fraction of sp³-hybridized carbons (Fsp3) is 0.102. The highest BCUT2D eigenvalue weighted by Gasteiger charge is 2.21. The number of carbonyl (C=O) groups excluding carboxylic acids is 4. The number of nitrogens with one attached hydrogen (secondary N) is 3. The van der Waals surface area contributed by atoms with Gasteiger partial charge >= 0.3 is 0 Å². The van der Waals surface area contributed by atoms with Crippen LogP contribution in [0.2, 0.25) is 0 Å². The molecule has 0 aliphatic heterocycles. The first kappa shape index (κ1) is 42.6. The summed E-state index contributed by atoms with van der Waals surface area (Å²) in [5.41, 5.74) is 6.25. The molecule has 0 aliphatic carbocycles. The molecule has 14 heteroatoms. The van der Waals surface area contributed by atoms with Crippen molar-refractivity contribution in [1.82, 2.24) is 29.5 Å². The van der Waals surface area contributed by atoms with E-state index >= 15 is 0 Å². The Hall–Kier alpha value is -8.52. The van der Waals surface area contributed by atoms with E-state index in [1.807, 2.05) is 124 Å². The van der Waals surface area contributed by atoms with Gasteiger partial charge in [-0.3, -0.25) is 35.1 Å². The van der Waals surface area contributed by atoms with Crippen molar-refractivity contribution in [2.45, 2.75) is 27.2 Å². The Kier molecular flexibility index (Phi) is 13.3. The van der Waals surface area contributed by atoms with E-state index in [-0.39, 0.29) is 41.9 Å². The Balaban J connectivity index is 0.000000189. The number of hydrogen-bond acceptors (Lipinski definition) is 9. The van der Waals surface area contributed by atoms with Crippen molar-refractivity contribution in [3.8, 4) is 17.1 Å². The first-order valence-corrected chi connectivity index (χ1v) is 19.9. The van der Waals surface area contributed by atoms with Crippen LogP contribution in [0.25, 0.3) is 11.4 Å². The number of rotatable bonds is 12. The van der Waals surface area contributed by atoms with Gasteiger partial charge in [0.2, 0.25) is 11.9 Å². The number of carbonyl (C=O) groups is 4. The third kappa shape index (κ3) is 10.6. The molecule has 2 aromatic heterocycles. The molecule has 0 spiro atoms. The molecule has 8 rings (SSSR count). The van der Waals surface area contributed by atoms with Gasteiger partial charge in [0.15, 0.2) is 11.6 Å². The molecule has 2 heterocycles. The zero-order valence-electron chi connectivity index (χ0n) is 34.9. The van der Waals surface area contributed by atoms with Crippen molar-refractivity contribution in [3.63, 3.8) is 0 Å². The lowest BCUT2D eigenvalue weighted by Gasteiger charge is -2.09. The Morgan fingerprint density at radius 1 is 0.524 bits per heavy atom. The quantitative estimate of drug-likeness (QED) is 0.102. The highest BCUT2D eigenvalue weighted by molar-refractivity contribution is 6.07. The monoisotopic (exact) mass is 837 g/mol. The molecule has 0 saturated heterocycles. The first-order chi connectivity index (χ1) is 30.6. The molecule has 0 unspecified atom stereocenters. The van der Waals surface area contributed by atoms with E-state index in [0.29, 0.717) is 39.5 Å². The molecular formula is C49H43N9O5. The second-order valence-corrected chi connectivity index (χ2v) is 14.3. The third-order valence-corrected chi connectivity index (χ3v) is 9.62. The number of para-hydroxylation sites is 3. The van der Waals surface area contributed by atoms with E-state index in [4.69, 9.17) is 4.74 Å². The molecule has 3 amide bonds. The van der Waals surface area contributed by atoms with Crippen LogP contribution in [-0.2, 0) is 6.42 Å². The van der Waals surface area contributed by atoms with Crippen LogP contribution in [-0.4, -0.2) is 60.1 Å². The molecule has 63 heavy (non-hydrogen) atoms. The average Bonchev–Trinajstić information content (AvgIpc) is 3.89. The van der Waals surface area contributed by atoms with E-state index in [1.54, 1.807) is 59.3 Å². The molecule has 6 aromatic carbocycles. The lowest BCUT2D eigenvalue weighted by atomic mass is 10.1. The number of methoxy groups -OCH3 is 1. The van der Waals surface area contributed by atoms with Crippen LogP contribution >= 0.6 is 0 Å². The zero-order chi connectivity index (χ0) is 44.3. The molecule has 0 atom stereocenters. The van der Waals surface area contributed by atoms with Crippen molar-refractivity contribution in [1.29, 1.82) is 0 Å². The molecule has 314 valence electrons. The summed E-state index contributed by atoms with van der Waals surface area (Å²) in [7, 11) is 1.50. The number of ether oxygens (including phenoxy) is 1. The van der Waals surface area contributed by atoms with Crippen molar-refractivity contribution >= 4 is 41.3 Å². The maximum atomic E-state index is 12.9. The second-order valence-electron chi connectivity index (χ2n) is 14.3. The summed E-state index contributed by atoms with van der Waals surface area (Å²) in [6.45, 7) is 5.72. The van der Waals surface area contributed by atoms with Gasteiger partial charge in [0.05, 0.1) is 30.5 Å². The minimum Gasteiger partial charge on any atom is -0.496 e. The summed E-state index contributed by atoms with van der Waals surface area (Å²) in [5.74, 6) is 0.156. The number of amides is 3. The van der Waals surface area contributed by atoms with Gasteiger partial charge < -0.3 is 4.74 Å². The van der Waals surface area contributed by atoms with Crippen LogP contribution in [0.5, 0.6) is 5.75 Å². The van der Waals surface area contributed by atoms with Gasteiger partial charge in [0.25, 0.3) is 23.7 Å². The molecule has 0 fully saturated rings. The minimum atomic E-state index is -0.413. The summed E-state index contributed by atoms with van der Waals surface area (Å²) in [5, 5.41) is 17.2. The fourth-order valence-electron chi connectivity index (χ4n) is 6.48. The van der Waals surface area contributed by atoms with Gasteiger partial charge in [-0.1, -0.05) is 108 Å². The molecule has 14 nitrogen and oxygen atoms in total. The van der Waals surface area contributed by atoms with Crippen LogP contribution in [0.4, 0.5) is 17.8 Å². The van der Waals surface area contributed by atoms with Crippen molar-refractivity contribution in [2.75, 3.05) is 23.1 Å². The second kappa shape index (κ2) is 19.7. The Bertz CT molecular complexity index is 2910. The van der Waals surface area contributed by atoms with E-state index < -0.39 is 5.91 Å². The largest absolute Gasteiger partial charge is 0.496 e. The molecule has 0 radical (unpaired) electrons. The summed E-state index contributed by atoms with van der Waals surface area (Å²) in [6.07, 6.45) is 0.0383. The smallest absolute Gasteiger partial charge is 0.261 e. The van der Waals surface area contributed by atoms with Crippen molar-refractivity contribution in [3.05, 3.63) is 202 Å². The SMILES string of the molecule is COc1ccccc1C(=O)Nc1nc(NC(=O)c2ccccc2C)nn1-c1ccccc1.Cc1cccc(C(=O)Cc2nc(NC(=O)c3cccc(C)c3)n(-c3ccccc3)n2)c1. The van der Waals surface area contributed by atoms with Crippen LogP contribution < -0.4 is 20.7 Å². The van der Waals surface area contributed by atoms with Crippen LogP contribution in [0, 0.1) is 20.8 Å². The van der Waals surface area contributed by atoms with Crippen LogP contribution in [0.1, 0.15) is 63.9 Å². The Labute approximate surface area is 363 Å². The molecule has 8 aromatic rings. The number of benzene rings is 6. The molecular weight excluding hydrogens is 795 g/mol. The first-order valence-electron chi connectivity index (χ1n) is 19.9.